The summed E-state index contributed by atoms with van der Waals surface area (Å²) in [6, 6.07) is 13.2. The summed E-state index contributed by atoms with van der Waals surface area (Å²) >= 11 is 0. The third-order valence-corrected chi connectivity index (χ3v) is 7.42. The number of nitriles is 1. The van der Waals surface area contributed by atoms with Crippen molar-refractivity contribution in [1.82, 2.24) is 24.5 Å². The Bertz CT molecular complexity index is 1660. The van der Waals surface area contributed by atoms with E-state index < -0.39 is 0 Å². The number of nitrogens with zero attached hydrogens (tertiary/aromatic N) is 8. The maximum atomic E-state index is 9.69. The van der Waals surface area contributed by atoms with Gasteiger partial charge in [-0.2, -0.15) is 10.4 Å². The number of fused-ring (bicyclic) bond motifs is 3. The molecule has 3 saturated heterocycles. The molecule has 4 aromatic heterocycles. The van der Waals surface area contributed by atoms with E-state index in [9.17, 15) is 5.26 Å². The van der Waals surface area contributed by atoms with Crippen LogP contribution in [-0.2, 0) is 0 Å². The van der Waals surface area contributed by atoms with Gasteiger partial charge in [-0.15, -0.1) is 0 Å². The summed E-state index contributed by atoms with van der Waals surface area (Å²) in [5, 5.41) is 14.1. The number of nitrogens with two attached hydrogens (primary N) is 1. The quantitative estimate of drug-likeness (QED) is 0.323. The topological polar surface area (TPSA) is 112 Å². The first kappa shape index (κ1) is 24.4. The first-order chi connectivity index (χ1) is 19.2. The SMILES string of the molecule is CN=CC(=CN)c1cc(-c2ccc(N3CC4CC(C3)N4CC#Cc3ccncc3)nc2)c2c(C#N)cnn2c1. The van der Waals surface area contributed by atoms with Crippen molar-refractivity contribution in [2.24, 2.45) is 10.7 Å². The molecular formula is C30H27N9. The Balaban J connectivity index is 1.22. The summed E-state index contributed by atoms with van der Waals surface area (Å²) in [6.45, 7) is 2.64. The number of aliphatic imine (C=N–C) groups is 1. The second-order valence-electron chi connectivity index (χ2n) is 9.68. The fourth-order valence-electron chi connectivity index (χ4n) is 5.47. The number of hydrogen-bond donors (Lipinski definition) is 1. The number of rotatable bonds is 5. The van der Waals surface area contributed by atoms with Gasteiger partial charge in [0, 0.05) is 97.2 Å². The monoisotopic (exact) mass is 513 g/mol. The Morgan fingerprint density at radius 2 is 2.00 bits per heavy atom. The van der Waals surface area contributed by atoms with E-state index in [0.717, 1.165) is 58.8 Å². The van der Waals surface area contributed by atoms with Crippen LogP contribution in [0.25, 0.3) is 22.2 Å². The van der Waals surface area contributed by atoms with Crippen molar-refractivity contribution >= 4 is 23.1 Å². The lowest BCUT2D eigenvalue weighted by Gasteiger charge is -2.56. The molecule has 0 spiro atoms. The van der Waals surface area contributed by atoms with Crippen LogP contribution in [0.2, 0.25) is 0 Å². The Morgan fingerprint density at radius 1 is 1.18 bits per heavy atom. The zero-order valence-corrected chi connectivity index (χ0v) is 21.6. The van der Waals surface area contributed by atoms with Crippen LogP contribution in [0.15, 0.2) is 72.5 Å². The van der Waals surface area contributed by atoms with Gasteiger partial charge in [-0.3, -0.25) is 14.9 Å². The molecule has 4 aromatic rings. The van der Waals surface area contributed by atoms with E-state index in [-0.39, 0.29) is 0 Å². The second-order valence-corrected chi connectivity index (χ2v) is 9.68. The summed E-state index contributed by atoms with van der Waals surface area (Å²) in [4.78, 5) is 17.8. The Labute approximate surface area is 226 Å². The molecular weight excluding hydrogens is 486 g/mol. The van der Waals surface area contributed by atoms with E-state index in [1.54, 1.807) is 36.4 Å². The van der Waals surface area contributed by atoms with E-state index in [4.69, 9.17) is 10.7 Å². The van der Waals surface area contributed by atoms with Gasteiger partial charge in [0.15, 0.2) is 0 Å². The van der Waals surface area contributed by atoms with Crippen LogP contribution in [0.4, 0.5) is 5.82 Å². The predicted molar refractivity (Wildman–Crippen MR) is 152 cm³/mol. The molecule has 7 rings (SSSR count). The molecule has 3 fully saturated rings. The molecule has 3 aliphatic heterocycles. The standard InChI is InChI=1S/C30H27N9/c1-33-15-24(13-31)23-11-28(30-25(14-32)17-36-39(30)18-23)22-4-5-29(35-16-22)37-19-26-12-27(20-37)38(26)10-2-3-21-6-8-34-9-7-21/h4-9,11,13,15-18,26-27H,10,12,19-20,31H2,1H3. The van der Waals surface area contributed by atoms with Crippen LogP contribution in [0.5, 0.6) is 0 Å². The zero-order valence-electron chi connectivity index (χ0n) is 21.6. The van der Waals surface area contributed by atoms with Crippen LogP contribution >= 0.6 is 0 Å². The normalized spacial score (nSPS) is 19.0. The summed E-state index contributed by atoms with van der Waals surface area (Å²) in [6.07, 6.45) is 13.3. The molecule has 192 valence electrons. The molecule has 2 atom stereocenters. The molecule has 39 heavy (non-hydrogen) atoms. The summed E-state index contributed by atoms with van der Waals surface area (Å²) in [5.74, 6) is 7.52. The molecule has 0 aromatic carbocycles. The summed E-state index contributed by atoms with van der Waals surface area (Å²) in [5.41, 5.74) is 11.5. The number of anilines is 1. The van der Waals surface area contributed by atoms with Crippen molar-refractivity contribution in [3.8, 4) is 29.0 Å². The fourth-order valence-corrected chi connectivity index (χ4v) is 5.47. The third kappa shape index (κ3) is 4.61. The van der Waals surface area contributed by atoms with Gasteiger partial charge in [0.05, 0.1) is 23.8 Å². The molecule has 0 aliphatic carbocycles. The molecule has 2 N–H and O–H groups in total. The van der Waals surface area contributed by atoms with E-state index in [2.05, 4.69) is 54.9 Å². The largest absolute Gasteiger partial charge is 0.404 e. The van der Waals surface area contributed by atoms with Crippen molar-refractivity contribution in [1.29, 1.82) is 5.26 Å². The Morgan fingerprint density at radius 3 is 2.69 bits per heavy atom. The van der Waals surface area contributed by atoms with Gasteiger partial charge in [0.25, 0.3) is 0 Å². The van der Waals surface area contributed by atoms with Gasteiger partial charge < -0.3 is 10.6 Å². The molecule has 7 heterocycles. The van der Waals surface area contributed by atoms with Crippen LogP contribution < -0.4 is 10.6 Å². The Hall–Kier alpha value is -4.99. The first-order valence-corrected chi connectivity index (χ1v) is 12.8. The minimum absolute atomic E-state index is 0.486. The van der Waals surface area contributed by atoms with E-state index in [1.807, 2.05) is 30.6 Å². The highest BCUT2D eigenvalue weighted by Gasteiger charge is 2.44. The number of aromatic nitrogens is 4. The van der Waals surface area contributed by atoms with E-state index in [0.29, 0.717) is 17.6 Å². The van der Waals surface area contributed by atoms with Crippen LogP contribution in [0.3, 0.4) is 0 Å². The Kier molecular flexibility index (Phi) is 6.50. The molecule has 0 radical (unpaired) electrons. The number of hydrogen-bond acceptors (Lipinski definition) is 8. The minimum Gasteiger partial charge on any atom is -0.404 e. The second kappa shape index (κ2) is 10.4. The number of allylic oxidation sites excluding steroid dienone is 1. The number of piperidine rings is 1. The van der Waals surface area contributed by atoms with Gasteiger partial charge in [-0.25, -0.2) is 9.50 Å². The molecule has 9 nitrogen and oxygen atoms in total. The third-order valence-electron chi connectivity index (χ3n) is 7.42. The average Bonchev–Trinajstić information content (AvgIpc) is 3.41. The van der Waals surface area contributed by atoms with Crippen molar-refractivity contribution in [2.75, 3.05) is 31.6 Å². The molecule has 0 amide bonds. The van der Waals surface area contributed by atoms with Gasteiger partial charge in [0.2, 0.25) is 0 Å². The van der Waals surface area contributed by atoms with Crippen LogP contribution in [-0.4, -0.2) is 69.5 Å². The average molecular weight is 514 g/mol. The van der Waals surface area contributed by atoms with Crippen molar-refractivity contribution in [2.45, 2.75) is 18.5 Å². The number of pyridine rings is 3. The maximum absolute atomic E-state index is 9.69. The molecule has 2 bridgehead atoms. The lowest BCUT2D eigenvalue weighted by molar-refractivity contribution is 0.0125. The maximum Gasteiger partial charge on any atom is 0.128 e. The van der Waals surface area contributed by atoms with Crippen LogP contribution in [0.1, 0.15) is 23.1 Å². The van der Waals surface area contributed by atoms with E-state index >= 15 is 0 Å². The van der Waals surface area contributed by atoms with Crippen molar-refractivity contribution in [3.63, 3.8) is 0 Å². The van der Waals surface area contributed by atoms with Gasteiger partial charge in [-0.05, 0) is 36.8 Å². The number of piperazine rings is 1. The first-order valence-electron chi connectivity index (χ1n) is 12.8. The smallest absolute Gasteiger partial charge is 0.128 e. The zero-order chi connectivity index (χ0) is 26.8. The molecule has 0 saturated carbocycles. The minimum atomic E-state index is 0.486. The lowest BCUT2D eigenvalue weighted by Crippen LogP contribution is -2.68. The van der Waals surface area contributed by atoms with Gasteiger partial charge >= 0.3 is 0 Å². The summed E-state index contributed by atoms with van der Waals surface area (Å²) < 4.78 is 1.72. The molecule has 2 unspecified atom stereocenters. The van der Waals surface area contributed by atoms with Gasteiger partial charge in [0.1, 0.15) is 11.9 Å². The van der Waals surface area contributed by atoms with Crippen LogP contribution in [0, 0.1) is 23.2 Å². The van der Waals surface area contributed by atoms with Gasteiger partial charge in [-0.1, -0.05) is 11.8 Å². The van der Waals surface area contributed by atoms with E-state index in [1.165, 1.54) is 12.6 Å². The molecule has 3 aliphatic rings. The molecule has 9 heteroatoms. The van der Waals surface area contributed by atoms with Crippen molar-refractivity contribution in [3.05, 3.63) is 84.2 Å². The lowest BCUT2D eigenvalue weighted by atomic mass is 9.87. The summed E-state index contributed by atoms with van der Waals surface area (Å²) in [7, 11) is 1.70. The predicted octanol–water partition coefficient (Wildman–Crippen LogP) is 2.98. The van der Waals surface area contributed by atoms with Crippen molar-refractivity contribution < 1.29 is 0 Å². The highest BCUT2D eigenvalue weighted by molar-refractivity contribution is 6.10. The highest BCUT2D eigenvalue weighted by Crippen LogP contribution is 2.35. The highest BCUT2D eigenvalue weighted by atomic mass is 15.4. The fraction of sp³-hybridized carbons (Fsp3) is 0.233.